The highest BCUT2D eigenvalue weighted by Crippen LogP contribution is 2.20. The number of carbonyl (C=O) groups excluding carboxylic acids is 1. The van der Waals surface area contributed by atoms with Crippen LogP contribution in [0.3, 0.4) is 0 Å². The van der Waals surface area contributed by atoms with Gasteiger partial charge in [0, 0.05) is 30.4 Å². The number of aromatic nitrogens is 5. The van der Waals surface area contributed by atoms with Crippen molar-refractivity contribution in [2.24, 2.45) is 0 Å². The summed E-state index contributed by atoms with van der Waals surface area (Å²) < 4.78 is 20.6. The fraction of sp³-hybridized carbons (Fsp3) is 0.190. The Bertz CT molecular complexity index is 1170. The number of nitrogens with zero attached hydrogens (tertiary/aromatic N) is 5. The second-order valence-corrected chi connectivity index (χ2v) is 6.96. The third-order valence-corrected chi connectivity index (χ3v) is 4.43. The average Bonchev–Trinajstić information content (AvgIpc) is 3.43. The normalized spacial score (nSPS) is 11.1. The maximum atomic E-state index is 13.7. The summed E-state index contributed by atoms with van der Waals surface area (Å²) in [6.45, 7) is 4.05. The van der Waals surface area contributed by atoms with Gasteiger partial charge in [-0.05, 0) is 18.2 Å². The average molecular weight is 406 g/mol. The number of hydrogen-bond donors (Lipinski definition) is 1. The molecule has 0 spiro atoms. The van der Waals surface area contributed by atoms with Crippen LogP contribution in [0.25, 0.3) is 17.3 Å². The molecule has 0 aliphatic heterocycles. The molecule has 0 aliphatic rings. The first kappa shape index (κ1) is 19.4. The minimum absolute atomic E-state index is 0.0772. The van der Waals surface area contributed by atoms with E-state index in [0.717, 1.165) is 0 Å². The molecule has 0 aliphatic carbocycles. The molecule has 0 saturated carbocycles. The van der Waals surface area contributed by atoms with Gasteiger partial charge in [-0.3, -0.25) is 9.36 Å². The standard InChI is InChI=1S/C21H19FN6O2/c1-13(2)19-26-21(30-27-19)15-7-8-18(23-10-15)28-11-17(25-12-28)20(29)24-9-14-5-3-4-6-16(14)22/h3-8,10-13H,9H2,1-2H3,(H,24,29). The van der Waals surface area contributed by atoms with E-state index in [1.54, 1.807) is 47.3 Å². The van der Waals surface area contributed by atoms with E-state index in [4.69, 9.17) is 4.52 Å². The topological polar surface area (TPSA) is 98.7 Å². The third kappa shape index (κ3) is 4.09. The lowest BCUT2D eigenvalue weighted by molar-refractivity contribution is 0.0946. The first-order valence-electron chi connectivity index (χ1n) is 9.37. The van der Waals surface area contributed by atoms with Crippen LogP contribution in [-0.2, 0) is 6.54 Å². The van der Waals surface area contributed by atoms with E-state index < -0.39 is 5.91 Å². The van der Waals surface area contributed by atoms with Gasteiger partial charge < -0.3 is 9.84 Å². The summed E-state index contributed by atoms with van der Waals surface area (Å²) in [6, 6.07) is 9.85. The second kappa shape index (κ2) is 8.24. The first-order chi connectivity index (χ1) is 14.5. The molecule has 0 radical (unpaired) electrons. The van der Waals surface area contributed by atoms with E-state index in [1.165, 1.54) is 12.4 Å². The molecule has 0 unspecified atom stereocenters. The van der Waals surface area contributed by atoms with Gasteiger partial charge in [-0.1, -0.05) is 37.2 Å². The van der Waals surface area contributed by atoms with Crippen molar-refractivity contribution in [1.82, 2.24) is 30.0 Å². The monoisotopic (exact) mass is 406 g/mol. The van der Waals surface area contributed by atoms with E-state index in [-0.39, 0.29) is 24.0 Å². The summed E-state index contributed by atoms with van der Waals surface area (Å²) in [5, 5.41) is 6.60. The van der Waals surface area contributed by atoms with E-state index in [9.17, 15) is 9.18 Å². The molecule has 4 rings (SSSR count). The zero-order valence-electron chi connectivity index (χ0n) is 16.4. The van der Waals surface area contributed by atoms with Gasteiger partial charge in [0.2, 0.25) is 0 Å². The number of benzene rings is 1. The summed E-state index contributed by atoms with van der Waals surface area (Å²) in [6.07, 6.45) is 4.66. The lowest BCUT2D eigenvalue weighted by Gasteiger charge is -2.04. The van der Waals surface area contributed by atoms with Crippen LogP contribution >= 0.6 is 0 Å². The SMILES string of the molecule is CC(C)c1noc(-c2ccc(-n3cnc(C(=O)NCc4ccccc4F)c3)nc2)n1. The van der Waals surface area contributed by atoms with Crippen LogP contribution in [0.4, 0.5) is 4.39 Å². The van der Waals surface area contributed by atoms with Crippen molar-refractivity contribution in [2.45, 2.75) is 26.3 Å². The van der Waals surface area contributed by atoms with Crippen LogP contribution in [0.1, 0.15) is 41.6 Å². The fourth-order valence-corrected chi connectivity index (χ4v) is 2.73. The molecular weight excluding hydrogens is 387 g/mol. The Morgan fingerprint density at radius 3 is 2.73 bits per heavy atom. The quantitative estimate of drug-likeness (QED) is 0.526. The Morgan fingerprint density at radius 1 is 1.20 bits per heavy atom. The smallest absolute Gasteiger partial charge is 0.271 e. The number of hydrogen-bond acceptors (Lipinski definition) is 6. The van der Waals surface area contributed by atoms with Gasteiger partial charge in [-0.2, -0.15) is 4.98 Å². The molecule has 8 nitrogen and oxygen atoms in total. The number of carbonyl (C=O) groups is 1. The van der Waals surface area contributed by atoms with E-state index in [2.05, 4.69) is 25.4 Å². The molecule has 30 heavy (non-hydrogen) atoms. The molecule has 4 aromatic rings. The molecule has 1 amide bonds. The van der Waals surface area contributed by atoms with Crippen LogP contribution in [0, 0.1) is 5.82 Å². The van der Waals surface area contributed by atoms with E-state index in [0.29, 0.717) is 28.7 Å². The van der Waals surface area contributed by atoms with Gasteiger partial charge in [0.15, 0.2) is 5.82 Å². The number of nitrogens with one attached hydrogen (secondary N) is 1. The molecule has 1 aromatic carbocycles. The molecule has 9 heteroatoms. The molecule has 0 saturated heterocycles. The summed E-state index contributed by atoms with van der Waals surface area (Å²) in [4.78, 5) is 25.1. The van der Waals surface area contributed by atoms with E-state index >= 15 is 0 Å². The minimum atomic E-state index is -0.402. The predicted molar refractivity (Wildman–Crippen MR) is 106 cm³/mol. The van der Waals surface area contributed by atoms with Crippen molar-refractivity contribution in [1.29, 1.82) is 0 Å². The van der Waals surface area contributed by atoms with Crippen molar-refractivity contribution in [2.75, 3.05) is 0 Å². The van der Waals surface area contributed by atoms with Gasteiger partial charge in [-0.25, -0.2) is 14.4 Å². The van der Waals surface area contributed by atoms with Crippen LogP contribution in [-0.4, -0.2) is 30.6 Å². The zero-order valence-corrected chi connectivity index (χ0v) is 16.4. The zero-order chi connectivity index (χ0) is 21.1. The van der Waals surface area contributed by atoms with Crippen molar-refractivity contribution in [3.63, 3.8) is 0 Å². The van der Waals surface area contributed by atoms with Crippen molar-refractivity contribution in [3.8, 4) is 17.3 Å². The summed E-state index contributed by atoms with van der Waals surface area (Å²) in [5.74, 6) is 1.01. The molecular formula is C21H19FN6O2. The van der Waals surface area contributed by atoms with E-state index in [1.807, 2.05) is 13.8 Å². The fourth-order valence-electron chi connectivity index (χ4n) is 2.73. The highest BCUT2D eigenvalue weighted by Gasteiger charge is 2.14. The number of halogens is 1. The number of rotatable bonds is 6. The molecule has 1 N–H and O–H groups in total. The molecule has 3 aromatic heterocycles. The molecule has 0 bridgehead atoms. The molecule has 0 atom stereocenters. The molecule has 3 heterocycles. The molecule has 152 valence electrons. The summed E-state index contributed by atoms with van der Waals surface area (Å²) in [7, 11) is 0. The Hall–Kier alpha value is -3.88. The van der Waals surface area contributed by atoms with Gasteiger partial charge in [-0.15, -0.1) is 0 Å². The number of pyridine rings is 1. The number of imidazole rings is 1. The summed E-state index contributed by atoms with van der Waals surface area (Å²) in [5.41, 5.74) is 1.31. The van der Waals surface area contributed by atoms with Crippen LogP contribution in [0.5, 0.6) is 0 Å². The van der Waals surface area contributed by atoms with Gasteiger partial charge in [0.25, 0.3) is 11.8 Å². The largest absolute Gasteiger partial charge is 0.346 e. The lowest BCUT2D eigenvalue weighted by atomic mass is 10.2. The maximum Gasteiger partial charge on any atom is 0.271 e. The highest BCUT2D eigenvalue weighted by atomic mass is 19.1. The van der Waals surface area contributed by atoms with Gasteiger partial charge in [0.05, 0.1) is 5.56 Å². The van der Waals surface area contributed by atoms with Gasteiger partial charge >= 0.3 is 0 Å². The number of amides is 1. The van der Waals surface area contributed by atoms with Crippen molar-refractivity contribution in [3.05, 3.63) is 78.0 Å². The first-order valence-corrected chi connectivity index (χ1v) is 9.37. The predicted octanol–water partition coefficient (Wildman–Crippen LogP) is 3.51. The van der Waals surface area contributed by atoms with Crippen LogP contribution in [0.15, 0.2) is 59.6 Å². The third-order valence-electron chi connectivity index (χ3n) is 4.43. The van der Waals surface area contributed by atoms with Crippen LogP contribution < -0.4 is 5.32 Å². The molecule has 0 fully saturated rings. The minimum Gasteiger partial charge on any atom is -0.346 e. The Labute approximate surface area is 171 Å². The Balaban J connectivity index is 1.44. The Kier molecular flexibility index (Phi) is 5.34. The lowest BCUT2D eigenvalue weighted by Crippen LogP contribution is -2.23. The van der Waals surface area contributed by atoms with Gasteiger partial charge in [0.1, 0.15) is 23.7 Å². The Morgan fingerprint density at radius 2 is 2.03 bits per heavy atom. The highest BCUT2D eigenvalue weighted by molar-refractivity contribution is 5.92. The van der Waals surface area contributed by atoms with Crippen LogP contribution in [0.2, 0.25) is 0 Å². The summed E-state index contributed by atoms with van der Waals surface area (Å²) >= 11 is 0. The van der Waals surface area contributed by atoms with Crippen molar-refractivity contribution >= 4 is 5.91 Å². The maximum absolute atomic E-state index is 13.7. The second-order valence-electron chi connectivity index (χ2n) is 6.96. The van der Waals surface area contributed by atoms with Crippen molar-refractivity contribution < 1.29 is 13.7 Å².